The zero-order chi connectivity index (χ0) is 23.3. The number of carbonyl (C=O) groups excluding carboxylic acids is 2. The van der Waals surface area contributed by atoms with Crippen LogP contribution in [-0.2, 0) is 14.3 Å². The Morgan fingerprint density at radius 1 is 0.970 bits per heavy atom. The highest BCUT2D eigenvalue weighted by Gasteiger charge is 2.75. The molecule has 174 valence electrons. The first-order valence-corrected chi connectivity index (χ1v) is 12.2. The summed E-state index contributed by atoms with van der Waals surface area (Å²) in [7, 11) is 0. The number of esters is 1. The van der Waals surface area contributed by atoms with E-state index in [1.54, 1.807) is 0 Å². The van der Waals surface area contributed by atoms with Crippen LogP contribution in [0.15, 0.2) is 60.7 Å². The number of nitrogens with one attached hydrogen (secondary N) is 2. The van der Waals surface area contributed by atoms with Gasteiger partial charge in [-0.15, -0.1) is 0 Å². The lowest BCUT2D eigenvalue weighted by Gasteiger charge is -2.39. The fourth-order valence-electron chi connectivity index (χ4n) is 6.31. The second-order valence-corrected chi connectivity index (χ2v) is 10.7. The summed E-state index contributed by atoms with van der Waals surface area (Å²) in [5.41, 5.74) is 0.447. The maximum Gasteiger partial charge on any atom is 0.313 e. The highest BCUT2D eigenvalue weighted by Crippen LogP contribution is 2.65. The molecule has 1 saturated carbocycles. The van der Waals surface area contributed by atoms with Crippen LogP contribution in [-0.4, -0.2) is 36.1 Å². The molecule has 0 spiro atoms. The second kappa shape index (κ2) is 7.98. The number of amides is 1. The molecule has 2 N–H and O–H groups in total. The monoisotopic (exact) mass is 446 g/mol. The molecule has 2 saturated heterocycles. The Bertz CT molecular complexity index is 990. The van der Waals surface area contributed by atoms with Crippen LogP contribution in [0, 0.1) is 10.8 Å². The van der Waals surface area contributed by atoms with Crippen molar-refractivity contribution in [2.75, 3.05) is 6.54 Å². The van der Waals surface area contributed by atoms with Gasteiger partial charge < -0.3 is 15.4 Å². The minimum atomic E-state index is -1.05. The molecule has 1 amide bonds. The number of hydrogen-bond donors (Lipinski definition) is 2. The number of benzene rings is 2. The number of piperidine rings is 1. The van der Waals surface area contributed by atoms with Crippen molar-refractivity contribution in [1.29, 1.82) is 0 Å². The minimum Gasteiger partial charge on any atom is -0.448 e. The molecule has 5 nitrogen and oxygen atoms in total. The van der Waals surface area contributed by atoms with E-state index in [2.05, 4.69) is 71.3 Å². The van der Waals surface area contributed by atoms with Crippen molar-refractivity contribution in [3.05, 3.63) is 71.8 Å². The Morgan fingerprint density at radius 3 is 2.03 bits per heavy atom. The average molecular weight is 447 g/mol. The zero-order valence-electron chi connectivity index (χ0n) is 19.8. The van der Waals surface area contributed by atoms with Gasteiger partial charge in [0, 0.05) is 30.0 Å². The van der Waals surface area contributed by atoms with Gasteiger partial charge in [0.25, 0.3) is 5.91 Å². The molecule has 4 unspecified atom stereocenters. The van der Waals surface area contributed by atoms with Gasteiger partial charge >= 0.3 is 5.97 Å². The van der Waals surface area contributed by atoms with Crippen molar-refractivity contribution in [3.63, 3.8) is 0 Å². The van der Waals surface area contributed by atoms with E-state index in [-0.39, 0.29) is 29.9 Å². The third-order valence-electron chi connectivity index (χ3n) is 8.96. The molecule has 3 fully saturated rings. The van der Waals surface area contributed by atoms with Crippen LogP contribution in [0.5, 0.6) is 0 Å². The fourth-order valence-corrected chi connectivity index (χ4v) is 6.31. The predicted octanol–water partition coefficient (Wildman–Crippen LogP) is 4.18. The van der Waals surface area contributed by atoms with Gasteiger partial charge in [0.2, 0.25) is 0 Å². The van der Waals surface area contributed by atoms with E-state index in [1.165, 1.54) is 11.1 Å². The molecule has 2 aliphatic heterocycles. The first-order chi connectivity index (χ1) is 15.8. The SMILES string of the molecule is CC12CCC(C(=O)NC3CCC(C(c4ccccc4)c4ccccc4)NC3)(OC1=O)C2(C)C. The molecule has 2 aromatic carbocycles. The normalized spacial score (nSPS) is 32.5. The molecule has 5 heteroatoms. The molecule has 2 bridgehead atoms. The second-order valence-electron chi connectivity index (χ2n) is 10.7. The van der Waals surface area contributed by atoms with Gasteiger partial charge in [0.1, 0.15) is 0 Å². The summed E-state index contributed by atoms with van der Waals surface area (Å²) in [5.74, 6) is -0.104. The van der Waals surface area contributed by atoms with Gasteiger partial charge in [-0.3, -0.25) is 9.59 Å². The van der Waals surface area contributed by atoms with Crippen molar-refractivity contribution in [2.45, 2.75) is 70.1 Å². The van der Waals surface area contributed by atoms with E-state index in [9.17, 15) is 9.59 Å². The molecule has 2 aromatic rings. The van der Waals surface area contributed by atoms with E-state index < -0.39 is 16.4 Å². The number of rotatable bonds is 5. The molecule has 33 heavy (non-hydrogen) atoms. The fraction of sp³-hybridized carbons (Fsp3) is 0.500. The molecule has 1 aliphatic carbocycles. The highest BCUT2D eigenvalue weighted by molar-refractivity contribution is 5.96. The molecular weight excluding hydrogens is 412 g/mol. The van der Waals surface area contributed by atoms with Gasteiger partial charge in [0.05, 0.1) is 5.41 Å². The highest BCUT2D eigenvalue weighted by atomic mass is 16.6. The molecule has 2 heterocycles. The van der Waals surface area contributed by atoms with Crippen molar-refractivity contribution in [3.8, 4) is 0 Å². The first kappa shape index (κ1) is 22.1. The molecule has 4 atom stereocenters. The van der Waals surface area contributed by atoms with Crippen LogP contribution in [0.1, 0.15) is 63.5 Å². The Kier molecular flexibility index (Phi) is 5.36. The van der Waals surface area contributed by atoms with Crippen LogP contribution in [0.3, 0.4) is 0 Å². The predicted molar refractivity (Wildman–Crippen MR) is 128 cm³/mol. The maximum absolute atomic E-state index is 13.4. The summed E-state index contributed by atoms with van der Waals surface area (Å²) in [6, 6.07) is 21.6. The van der Waals surface area contributed by atoms with E-state index in [0.717, 1.165) is 12.8 Å². The van der Waals surface area contributed by atoms with E-state index in [0.29, 0.717) is 19.4 Å². The Morgan fingerprint density at radius 2 is 1.58 bits per heavy atom. The Hall–Kier alpha value is -2.66. The number of hydrogen-bond acceptors (Lipinski definition) is 4. The van der Waals surface area contributed by atoms with Gasteiger partial charge in [-0.1, -0.05) is 74.5 Å². The quantitative estimate of drug-likeness (QED) is 0.677. The molecule has 0 aromatic heterocycles. The summed E-state index contributed by atoms with van der Waals surface area (Å²) >= 11 is 0. The van der Waals surface area contributed by atoms with Gasteiger partial charge in [-0.05, 0) is 43.7 Å². The maximum atomic E-state index is 13.4. The largest absolute Gasteiger partial charge is 0.448 e. The van der Waals surface area contributed by atoms with E-state index in [4.69, 9.17) is 4.74 Å². The lowest BCUT2D eigenvalue weighted by Crippen LogP contribution is -2.59. The summed E-state index contributed by atoms with van der Waals surface area (Å²) < 4.78 is 5.77. The lowest BCUT2D eigenvalue weighted by atomic mass is 9.66. The average Bonchev–Trinajstić information content (AvgIpc) is 3.12. The van der Waals surface area contributed by atoms with Crippen LogP contribution < -0.4 is 10.6 Å². The summed E-state index contributed by atoms with van der Waals surface area (Å²) in [6.45, 7) is 6.65. The standard InChI is InChI=1S/C28H34N2O3/c1-26(2)27(3)16-17-28(26,33-25(27)32)24(31)30-21-14-15-22(29-18-21)23(19-10-6-4-7-11-19)20-12-8-5-9-13-20/h4-13,21-23,29H,14-18H2,1-3H3,(H,30,31). The van der Waals surface area contributed by atoms with Crippen molar-refractivity contribution in [1.82, 2.24) is 10.6 Å². The van der Waals surface area contributed by atoms with Crippen LogP contribution in [0.2, 0.25) is 0 Å². The Balaban J connectivity index is 1.28. The molecule has 5 rings (SSSR count). The van der Waals surface area contributed by atoms with Gasteiger partial charge in [-0.2, -0.15) is 0 Å². The third kappa shape index (κ3) is 3.31. The number of carbonyl (C=O) groups is 2. The van der Waals surface area contributed by atoms with E-state index >= 15 is 0 Å². The van der Waals surface area contributed by atoms with E-state index in [1.807, 2.05) is 20.8 Å². The van der Waals surface area contributed by atoms with Crippen LogP contribution in [0.4, 0.5) is 0 Å². The first-order valence-electron chi connectivity index (χ1n) is 12.2. The van der Waals surface area contributed by atoms with Crippen molar-refractivity contribution >= 4 is 11.9 Å². The van der Waals surface area contributed by atoms with Crippen molar-refractivity contribution in [2.24, 2.45) is 10.8 Å². The number of fused-ring (bicyclic) bond motifs is 2. The molecular formula is C28H34N2O3. The topological polar surface area (TPSA) is 67.4 Å². The summed E-state index contributed by atoms with van der Waals surface area (Å²) in [5, 5.41) is 6.95. The minimum absolute atomic E-state index is 0.0253. The summed E-state index contributed by atoms with van der Waals surface area (Å²) in [4.78, 5) is 26.0. The van der Waals surface area contributed by atoms with Gasteiger partial charge in [-0.25, -0.2) is 0 Å². The molecule has 0 radical (unpaired) electrons. The van der Waals surface area contributed by atoms with Gasteiger partial charge in [0.15, 0.2) is 5.60 Å². The molecule has 3 aliphatic rings. The smallest absolute Gasteiger partial charge is 0.313 e. The van der Waals surface area contributed by atoms with Crippen LogP contribution >= 0.6 is 0 Å². The third-order valence-corrected chi connectivity index (χ3v) is 8.96. The summed E-state index contributed by atoms with van der Waals surface area (Å²) in [6.07, 6.45) is 3.14. The van der Waals surface area contributed by atoms with Crippen LogP contribution in [0.25, 0.3) is 0 Å². The van der Waals surface area contributed by atoms with Crippen molar-refractivity contribution < 1.29 is 14.3 Å². The zero-order valence-corrected chi connectivity index (χ0v) is 19.8. The lowest BCUT2D eigenvalue weighted by molar-refractivity contribution is -0.168. The Labute approximate surface area is 196 Å². The number of ether oxygens (including phenoxy) is 1.